The molecule has 0 saturated carbocycles. The Morgan fingerprint density at radius 3 is 2.67 bits per heavy atom. The molecule has 2 fully saturated rings. The molecule has 2 aliphatic rings. The van der Waals surface area contributed by atoms with Crippen LogP contribution >= 0.6 is 0 Å². The van der Waals surface area contributed by atoms with E-state index in [0.29, 0.717) is 12.5 Å². The predicted molar refractivity (Wildman–Crippen MR) is 61.9 cm³/mol. The number of piperidine rings is 2. The summed E-state index contributed by atoms with van der Waals surface area (Å²) in [6, 6.07) is 0.748. The van der Waals surface area contributed by atoms with Crippen LogP contribution in [0.4, 0.5) is 0 Å². The fourth-order valence-electron chi connectivity index (χ4n) is 3.02. The first-order valence-corrected chi connectivity index (χ1v) is 6.33. The largest absolute Gasteiger partial charge is 0.396 e. The quantitative estimate of drug-likeness (QED) is 0.733. The van der Waals surface area contributed by atoms with Crippen LogP contribution in [0.1, 0.15) is 25.7 Å². The van der Waals surface area contributed by atoms with E-state index in [9.17, 15) is 5.11 Å². The molecule has 0 aromatic rings. The second-order valence-electron chi connectivity index (χ2n) is 5.24. The smallest absolute Gasteiger partial charge is 0.0471 e. The van der Waals surface area contributed by atoms with E-state index < -0.39 is 0 Å². The first kappa shape index (κ1) is 11.4. The van der Waals surface area contributed by atoms with E-state index >= 15 is 0 Å². The highest BCUT2D eigenvalue weighted by atomic mass is 16.3. The van der Waals surface area contributed by atoms with Crippen LogP contribution in [-0.4, -0.2) is 60.8 Å². The monoisotopic (exact) mass is 212 g/mol. The fraction of sp³-hybridized carbons (Fsp3) is 1.00. The number of rotatable bonds is 2. The normalized spacial score (nSPS) is 35.6. The lowest BCUT2D eigenvalue weighted by molar-refractivity contribution is 0.0543. The number of hydrogen-bond donors (Lipinski definition) is 1. The minimum atomic E-state index is 0.374. The molecule has 2 rings (SSSR count). The molecule has 2 aliphatic heterocycles. The van der Waals surface area contributed by atoms with Gasteiger partial charge in [-0.25, -0.2) is 0 Å². The Balaban J connectivity index is 1.86. The Morgan fingerprint density at radius 1 is 1.13 bits per heavy atom. The van der Waals surface area contributed by atoms with E-state index in [0.717, 1.165) is 12.6 Å². The number of nitrogens with zero attached hydrogens (tertiary/aromatic N) is 2. The SMILES string of the molecule is CN1CCCC(N2CCCC(CO)C2)C1. The summed E-state index contributed by atoms with van der Waals surface area (Å²) in [5, 5.41) is 9.22. The number of hydrogen-bond acceptors (Lipinski definition) is 3. The van der Waals surface area contributed by atoms with Crippen molar-refractivity contribution in [2.24, 2.45) is 5.92 Å². The van der Waals surface area contributed by atoms with Crippen molar-refractivity contribution in [3.63, 3.8) is 0 Å². The van der Waals surface area contributed by atoms with Gasteiger partial charge in [-0.15, -0.1) is 0 Å². The fourth-order valence-corrected chi connectivity index (χ4v) is 3.02. The van der Waals surface area contributed by atoms with Gasteiger partial charge in [0.15, 0.2) is 0 Å². The molecule has 15 heavy (non-hydrogen) atoms. The molecule has 3 nitrogen and oxygen atoms in total. The third-order valence-electron chi connectivity index (χ3n) is 3.92. The second kappa shape index (κ2) is 5.28. The predicted octanol–water partition coefficient (Wildman–Crippen LogP) is 0.785. The maximum atomic E-state index is 9.22. The van der Waals surface area contributed by atoms with Crippen molar-refractivity contribution in [3.8, 4) is 0 Å². The molecule has 0 amide bonds. The van der Waals surface area contributed by atoms with Crippen molar-refractivity contribution in [2.75, 3.05) is 39.8 Å². The van der Waals surface area contributed by atoms with Gasteiger partial charge in [0.1, 0.15) is 0 Å². The van der Waals surface area contributed by atoms with Gasteiger partial charge in [-0.2, -0.15) is 0 Å². The van der Waals surface area contributed by atoms with Gasteiger partial charge < -0.3 is 10.0 Å². The summed E-state index contributed by atoms with van der Waals surface area (Å²) >= 11 is 0. The summed E-state index contributed by atoms with van der Waals surface area (Å²) in [6.45, 7) is 5.22. The lowest BCUT2D eigenvalue weighted by atomic mass is 9.95. The summed E-state index contributed by atoms with van der Waals surface area (Å²) in [5.74, 6) is 0.533. The molecule has 2 atom stereocenters. The van der Waals surface area contributed by atoms with Crippen LogP contribution in [0.3, 0.4) is 0 Å². The molecule has 0 aromatic carbocycles. The minimum Gasteiger partial charge on any atom is -0.396 e. The molecular weight excluding hydrogens is 188 g/mol. The van der Waals surface area contributed by atoms with Crippen molar-refractivity contribution >= 4 is 0 Å². The summed E-state index contributed by atoms with van der Waals surface area (Å²) in [7, 11) is 2.22. The molecule has 0 aliphatic carbocycles. The number of aliphatic hydroxyl groups excluding tert-OH is 1. The molecule has 1 N–H and O–H groups in total. The van der Waals surface area contributed by atoms with E-state index in [-0.39, 0.29) is 0 Å². The van der Waals surface area contributed by atoms with Crippen molar-refractivity contribution < 1.29 is 5.11 Å². The third kappa shape index (κ3) is 2.92. The van der Waals surface area contributed by atoms with Crippen LogP contribution in [-0.2, 0) is 0 Å². The zero-order valence-corrected chi connectivity index (χ0v) is 9.86. The average Bonchev–Trinajstić information content (AvgIpc) is 2.29. The average molecular weight is 212 g/mol. The maximum Gasteiger partial charge on any atom is 0.0471 e. The Bertz CT molecular complexity index is 198. The molecule has 0 radical (unpaired) electrons. The van der Waals surface area contributed by atoms with Gasteiger partial charge in [0.25, 0.3) is 0 Å². The van der Waals surface area contributed by atoms with Gasteiger partial charge in [0, 0.05) is 25.7 Å². The van der Waals surface area contributed by atoms with Crippen LogP contribution in [0, 0.1) is 5.92 Å². The second-order valence-corrected chi connectivity index (χ2v) is 5.24. The van der Waals surface area contributed by atoms with E-state index in [1.165, 1.54) is 45.3 Å². The highest BCUT2D eigenvalue weighted by molar-refractivity contribution is 4.83. The van der Waals surface area contributed by atoms with Gasteiger partial charge in [-0.1, -0.05) is 0 Å². The minimum absolute atomic E-state index is 0.374. The number of likely N-dealkylation sites (tertiary alicyclic amines) is 2. The Hall–Kier alpha value is -0.120. The summed E-state index contributed by atoms with van der Waals surface area (Å²) in [5.41, 5.74) is 0. The van der Waals surface area contributed by atoms with E-state index in [4.69, 9.17) is 0 Å². The van der Waals surface area contributed by atoms with E-state index in [1.54, 1.807) is 0 Å². The first-order valence-electron chi connectivity index (χ1n) is 6.33. The van der Waals surface area contributed by atoms with Crippen molar-refractivity contribution in [3.05, 3.63) is 0 Å². The number of likely N-dealkylation sites (N-methyl/N-ethyl adjacent to an activating group) is 1. The van der Waals surface area contributed by atoms with Crippen molar-refractivity contribution in [2.45, 2.75) is 31.7 Å². The van der Waals surface area contributed by atoms with Gasteiger partial charge in [-0.05, 0) is 51.7 Å². The third-order valence-corrected chi connectivity index (χ3v) is 3.92. The van der Waals surface area contributed by atoms with Crippen LogP contribution in [0.5, 0.6) is 0 Å². The Labute approximate surface area is 93.1 Å². The van der Waals surface area contributed by atoms with Crippen LogP contribution < -0.4 is 0 Å². The van der Waals surface area contributed by atoms with Crippen molar-refractivity contribution in [1.29, 1.82) is 0 Å². The van der Waals surface area contributed by atoms with Crippen LogP contribution in [0.15, 0.2) is 0 Å². The van der Waals surface area contributed by atoms with Gasteiger partial charge >= 0.3 is 0 Å². The first-order chi connectivity index (χ1) is 7.29. The highest BCUT2D eigenvalue weighted by Crippen LogP contribution is 2.22. The maximum absolute atomic E-state index is 9.22. The van der Waals surface area contributed by atoms with Crippen molar-refractivity contribution in [1.82, 2.24) is 9.80 Å². The Morgan fingerprint density at radius 2 is 1.93 bits per heavy atom. The van der Waals surface area contributed by atoms with Gasteiger partial charge in [-0.3, -0.25) is 4.90 Å². The lowest BCUT2D eigenvalue weighted by Crippen LogP contribution is -2.50. The zero-order valence-electron chi connectivity index (χ0n) is 9.86. The molecule has 0 spiro atoms. The highest BCUT2D eigenvalue weighted by Gasteiger charge is 2.27. The molecule has 0 bridgehead atoms. The van der Waals surface area contributed by atoms with Gasteiger partial charge in [0.05, 0.1) is 0 Å². The molecule has 3 heteroatoms. The van der Waals surface area contributed by atoms with E-state index in [2.05, 4.69) is 16.8 Å². The standard InChI is InChI=1S/C12H24N2O/c1-13-6-3-5-12(9-13)14-7-2-4-11(8-14)10-15/h11-12,15H,2-10H2,1H3. The summed E-state index contributed by atoms with van der Waals surface area (Å²) in [6.07, 6.45) is 5.17. The molecule has 0 aromatic heterocycles. The van der Waals surface area contributed by atoms with Crippen LogP contribution in [0.25, 0.3) is 0 Å². The number of aliphatic hydroxyl groups is 1. The van der Waals surface area contributed by atoms with Crippen LogP contribution in [0.2, 0.25) is 0 Å². The molecule has 2 saturated heterocycles. The molecule has 88 valence electrons. The molecule has 2 unspecified atom stereocenters. The van der Waals surface area contributed by atoms with Gasteiger partial charge in [0.2, 0.25) is 0 Å². The Kier molecular flexibility index (Phi) is 4.00. The zero-order chi connectivity index (χ0) is 10.7. The summed E-state index contributed by atoms with van der Waals surface area (Å²) in [4.78, 5) is 5.05. The van der Waals surface area contributed by atoms with E-state index in [1.807, 2.05) is 0 Å². The summed E-state index contributed by atoms with van der Waals surface area (Å²) < 4.78 is 0. The lowest BCUT2D eigenvalue weighted by Gasteiger charge is -2.41. The molecule has 2 heterocycles. The molecular formula is C12H24N2O. The topological polar surface area (TPSA) is 26.7 Å².